The van der Waals surface area contributed by atoms with Crippen molar-refractivity contribution in [1.82, 2.24) is 15.3 Å². The van der Waals surface area contributed by atoms with E-state index in [2.05, 4.69) is 27.4 Å². The lowest BCUT2D eigenvalue weighted by molar-refractivity contribution is 0.232. The summed E-state index contributed by atoms with van der Waals surface area (Å²) in [7, 11) is 0. The molecule has 2 N–H and O–H groups in total. The van der Waals surface area contributed by atoms with Gasteiger partial charge in [-0.15, -0.1) is 0 Å². The van der Waals surface area contributed by atoms with Crippen molar-refractivity contribution in [3.63, 3.8) is 0 Å². The Kier molecular flexibility index (Phi) is 5.21. The van der Waals surface area contributed by atoms with Crippen molar-refractivity contribution in [2.45, 2.75) is 32.4 Å². The van der Waals surface area contributed by atoms with Gasteiger partial charge in [0.25, 0.3) is 0 Å². The summed E-state index contributed by atoms with van der Waals surface area (Å²) in [5.41, 5.74) is 3.06. The van der Waals surface area contributed by atoms with Gasteiger partial charge in [-0.25, -0.2) is 0 Å². The van der Waals surface area contributed by atoms with E-state index in [4.69, 9.17) is 0 Å². The summed E-state index contributed by atoms with van der Waals surface area (Å²) >= 11 is 0. The molecule has 0 saturated carbocycles. The third kappa shape index (κ3) is 3.85. The normalized spacial score (nSPS) is 13.9. The summed E-state index contributed by atoms with van der Waals surface area (Å²) < 4.78 is 0. The maximum atomic E-state index is 9.55. The Hall–Kier alpha value is -1.78. The summed E-state index contributed by atoms with van der Waals surface area (Å²) in [5.74, 6) is 0. The molecule has 0 bridgehead atoms. The lowest BCUT2D eigenvalue weighted by atomic mass is 10.0. The molecule has 1 aromatic heterocycles. The van der Waals surface area contributed by atoms with Gasteiger partial charge in [0.15, 0.2) is 0 Å². The van der Waals surface area contributed by atoms with Gasteiger partial charge in [-0.1, -0.05) is 30.3 Å². The van der Waals surface area contributed by atoms with E-state index in [0.29, 0.717) is 0 Å². The van der Waals surface area contributed by atoms with Gasteiger partial charge in [0, 0.05) is 24.5 Å². The smallest absolute Gasteiger partial charge is 0.0782 e. The highest BCUT2D eigenvalue weighted by Crippen LogP contribution is 2.14. The molecule has 106 valence electrons. The number of hydrogen-bond donors (Lipinski definition) is 2. The minimum atomic E-state index is 0.00815. The molecule has 0 aliphatic heterocycles. The molecule has 2 aromatic rings. The summed E-state index contributed by atoms with van der Waals surface area (Å²) in [5, 5.41) is 13.0. The fourth-order valence-corrected chi connectivity index (χ4v) is 2.35. The fourth-order valence-electron chi connectivity index (χ4n) is 2.35. The summed E-state index contributed by atoms with van der Waals surface area (Å²) in [6.07, 6.45) is 4.19. The lowest BCUT2D eigenvalue weighted by Gasteiger charge is -2.22. The molecule has 1 unspecified atom stereocenters. The Labute approximate surface area is 119 Å². The van der Waals surface area contributed by atoms with Crippen molar-refractivity contribution in [3.05, 3.63) is 59.7 Å². The minimum absolute atomic E-state index is 0.00815. The molecule has 0 saturated heterocycles. The van der Waals surface area contributed by atoms with Crippen LogP contribution in [0.1, 0.15) is 29.9 Å². The van der Waals surface area contributed by atoms with Crippen LogP contribution in [0.3, 0.4) is 0 Å². The van der Waals surface area contributed by atoms with Crippen LogP contribution in [0.2, 0.25) is 0 Å². The van der Waals surface area contributed by atoms with E-state index >= 15 is 0 Å². The van der Waals surface area contributed by atoms with Gasteiger partial charge in [0.1, 0.15) is 0 Å². The van der Waals surface area contributed by atoms with E-state index in [1.165, 1.54) is 5.56 Å². The van der Waals surface area contributed by atoms with Crippen LogP contribution in [0, 0.1) is 6.92 Å². The number of rotatable bonds is 6. The quantitative estimate of drug-likeness (QED) is 0.844. The van der Waals surface area contributed by atoms with Crippen molar-refractivity contribution in [3.8, 4) is 0 Å². The van der Waals surface area contributed by atoms with Crippen LogP contribution in [0.15, 0.2) is 42.7 Å². The number of aryl methyl sites for hydroxylation is 1. The van der Waals surface area contributed by atoms with Gasteiger partial charge in [0.2, 0.25) is 0 Å². The molecule has 20 heavy (non-hydrogen) atoms. The largest absolute Gasteiger partial charge is 0.395 e. The van der Waals surface area contributed by atoms with Crippen molar-refractivity contribution >= 4 is 0 Å². The first-order valence-electron chi connectivity index (χ1n) is 6.89. The molecule has 4 heteroatoms. The van der Waals surface area contributed by atoms with Crippen LogP contribution in [-0.2, 0) is 6.42 Å². The highest BCUT2D eigenvalue weighted by Gasteiger charge is 2.16. The molecule has 0 aliphatic rings. The van der Waals surface area contributed by atoms with Crippen molar-refractivity contribution in [1.29, 1.82) is 0 Å². The molecule has 4 nitrogen and oxygen atoms in total. The molecule has 0 radical (unpaired) electrons. The number of aromatic nitrogens is 2. The lowest BCUT2D eigenvalue weighted by Crippen LogP contribution is -2.37. The zero-order valence-corrected chi connectivity index (χ0v) is 12.0. The Morgan fingerprint density at radius 1 is 1.15 bits per heavy atom. The first-order chi connectivity index (χ1) is 9.70. The predicted molar refractivity (Wildman–Crippen MR) is 79.3 cm³/mol. The monoisotopic (exact) mass is 271 g/mol. The molecule has 2 rings (SSSR count). The number of benzene rings is 1. The standard InChI is InChI=1S/C16H21N3O/c1-12-16(18-9-8-17-12)13(2)19-15(11-20)10-14-6-4-3-5-7-14/h3-9,13,15,19-20H,10-11H2,1-2H3/t13?,15-/m0/s1. The van der Waals surface area contributed by atoms with Gasteiger partial charge in [-0.05, 0) is 25.8 Å². The second-order valence-electron chi connectivity index (χ2n) is 4.98. The van der Waals surface area contributed by atoms with Crippen LogP contribution >= 0.6 is 0 Å². The van der Waals surface area contributed by atoms with Gasteiger partial charge in [-0.2, -0.15) is 0 Å². The first kappa shape index (κ1) is 14.6. The second-order valence-corrected chi connectivity index (χ2v) is 4.98. The third-order valence-corrected chi connectivity index (χ3v) is 3.36. The molecule has 0 spiro atoms. The first-order valence-corrected chi connectivity index (χ1v) is 6.89. The van der Waals surface area contributed by atoms with E-state index in [0.717, 1.165) is 17.8 Å². The van der Waals surface area contributed by atoms with Crippen molar-refractivity contribution in [2.24, 2.45) is 0 Å². The number of nitrogens with one attached hydrogen (secondary N) is 1. The Balaban J connectivity index is 2.01. The van der Waals surface area contributed by atoms with E-state index in [1.54, 1.807) is 12.4 Å². The maximum absolute atomic E-state index is 9.55. The van der Waals surface area contributed by atoms with E-state index in [-0.39, 0.29) is 18.7 Å². The summed E-state index contributed by atoms with van der Waals surface area (Å²) in [4.78, 5) is 8.62. The van der Waals surface area contributed by atoms with Gasteiger partial charge in [0.05, 0.1) is 18.0 Å². The van der Waals surface area contributed by atoms with E-state index < -0.39 is 0 Å². The van der Waals surface area contributed by atoms with Crippen LogP contribution in [0.25, 0.3) is 0 Å². The Morgan fingerprint density at radius 2 is 1.85 bits per heavy atom. The van der Waals surface area contributed by atoms with Crippen LogP contribution in [0.5, 0.6) is 0 Å². The van der Waals surface area contributed by atoms with Gasteiger partial charge >= 0.3 is 0 Å². The van der Waals surface area contributed by atoms with Crippen LogP contribution < -0.4 is 5.32 Å². The van der Waals surface area contributed by atoms with E-state index in [9.17, 15) is 5.11 Å². The zero-order valence-electron chi connectivity index (χ0n) is 12.0. The van der Waals surface area contributed by atoms with Crippen LogP contribution in [0.4, 0.5) is 0 Å². The molecule has 1 heterocycles. The average molecular weight is 271 g/mol. The Morgan fingerprint density at radius 3 is 2.50 bits per heavy atom. The number of aliphatic hydroxyl groups is 1. The summed E-state index contributed by atoms with van der Waals surface area (Å²) in [6, 6.07) is 10.2. The van der Waals surface area contributed by atoms with Gasteiger partial charge in [-0.3, -0.25) is 9.97 Å². The molecular weight excluding hydrogens is 250 g/mol. The van der Waals surface area contributed by atoms with Gasteiger partial charge < -0.3 is 10.4 Å². The topological polar surface area (TPSA) is 58.0 Å². The second kappa shape index (κ2) is 7.12. The highest BCUT2D eigenvalue weighted by molar-refractivity contribution is 5.17. The number of aliphatic hydroxyl groups excluding tert-OH is 1. The maximum Gasteiger partial charge on any atom is 0.0782 e. The molecule has 0 aliphatic carbocycles. The van der Waals surface area contributed by atoms with Crippen LogP contribution in [-0.4, -0.2) is 27.7 Å². The van der Waals surface area contributed by atoms with E-state index in [1.807, 2.05) is 32.0 Å². The van der Waals surface area contributed by atoms with Crippen molar-refractivity contribution in [2.75, 3.05) is 6.61 Å². The predicted octanol–water partition coefficient (Wildman–Crippen LogP) is 2.04. The fraction of sp³-hybridized carbons (Fsp3) is 0.375. The highest BCUT2D eigenvalue weighted by atomic mass is 16.3. The van der Waals surface area contributed by atoms with Crippen molar-refractivity contribution < 1.29 is 5.11 Å². The Bertz CT molecular complexity index is 530. The summed E-state index contributed by atoms with van der Waals surface area (Å²) in [6.45, 7) is 4.09. The number of nitrogens with zero attached hydrogens (tertiary/aromatic N) is 2. The third-order valence-electron chi connectivity index (χ3n) is 3.36. The molecule has 0 fully saturated rings. The molecule has 1 aromatic carbocycles. The SMILES string of the molecule is Cc1nccnc1C(C)N[C@H](CO)Cc1ccccc1. The zero-order chi connectivity index (χ0) is 14.4. The minimum Gasteiger partial charge on any atom is -0.395 e. The molecule has 0 amide bonds. The molecular formula is C16H21N3O. The molecule has 2 atom stereocenters. The number of hydrogen-bond acceptors (Lipinski definition) is 4. The average Bonchev–Trinajstić information content (AvgIpc) is 2.48.